The molecule has 25 heavy (non-hydrogen) atoms. The third-order valence-electron chi connectivity index (χ3n) is 4.82. The number of rotatable bonds is 7. The summed E-state index contributed by atoms with van der Waals surface area (Å²) in [7, 11) is 3.74. The minimum absolute atomic E-state index is 0.168. The number of nitrogens with zero attached hydrogens (tertiary/aromatic N) is 4. The molecule has 0 radical (unpaired) electrons. The van der Waals surface area contributed by atoms with Crippen LogP contribution in [-0.2, 0) is 6.42 Å². The number of hydrogen-bond donors (Lipinski definition) is 1. The predicted molar refractivity (Wildman–Crippen MR) is 99.5 cm³/mol. The van der Waals surface area contributed by atoms with Crippen LogP contribution in [-0.4, -0.2) is 55.0 Å². The van der Waals surface area contributed by atoms with Crippen LogP contribution >= 0.6 is 0 Å². The van der Waals surface area contributed by atoms with Crippen LogP contribution in [0.5, 0.6) is 5.75 Å². The molecule has 0 aliphatic carbocycles. The van der Waals surface area contributed by atoms with E-state index in [0.717, 1.165) is 49.7 Å². The maximum Gasteiger partial charge on any atom is 0.134 e. The number of anilines is 2. The number of aromatic nitrogens is 2. The Hall–Kier alpha value is -2.34. The molecule has 1 aliphatic heterocycles. The van der Waals surface area contributed by atoms with Gasteiger partial charge in [0.25, 0.3) is 0 Å². The number of ether oxygens (including phenoxy) is 1. The molecule has 1 aliphatic rings. The highest BCUT2D eigenvalue weighted by Crippen LogP contribution is 2.25. The Morgan fingerprint density at radius 3 is 2.96 bits per heavy atom. The molecule has 1 aromatic heterocycles. The predicted octanol–water partition coefficient (Wildman–Crippen LogP) is 2.13. The van der Waals surface area contributed by atoms with Crippen molar-refractivity contribution in [1.29, 1.82) is 0 Å². The summed E-state index contributed by atoms with van der Waals surface area (Å²) in [5.41, 5.74) is 1.19. The van der Waals surface area contributed by atoms with Gasteiger partial charge in [-0.15, -0.1) is 0 Å². The third kappa shape index (κ3) is 4.02. The lowest BCUT2D eigenvalue weighted by atomic mass is 10.1. The number of aliphatic hydroxyl groups excluding tert-OH is 1. The Kier molecular flexibility index (Phi) is 5.71. The minimum atomic E-state index is 0.168. The van der Waals surface area contributed by atoms with Crippen molar-refractivity contribution in [3.8, 4) is 5.75 Å². The second kappa shape index (κ2) is 8.16. The van der Waals surface area contributed by atoms with Crippen LogP contribution in [0.4, 0.5) is 11.6 Å². The molecule has 0 saturated carbocycles. The van der Waals surface area contributed by atoms with Crippen molar-refractivity contribution < 1.29 is 9.84 Å². The van der Waals surface area contributed by atoms with E-state index in [1.807, 2.05) is 31.3 Å². The number of likely N-dealkylation sites (N-methyl/N-ethyl adjacent to an activating group) is 1. The summed E-state index contributed by atoms with van der Waals surface area (Å²) < 4.78 is 5.42. The molecular formula is C19H26N4O2. The van der Waals surface area contributed by atoms with Crippen LogP contribution in [0.1, 0.15) is 18.4 Å². The average Bonchev–Trinajstić information content (AvgIpc) is 3.15. The van der Waals surface area contributed by atoms with Crippen molar-refractivity contribution in [3.05, 3.63) is 42.2 Å². The zero-order valence-electron chi connectivity index (χ0n) is 14.9. The van der Waals surface area contributed by atoms with Gasteiger partial charge in [0.05, 0.1) is 19.8 Å². The van der Waals surface area contributed by atoms with Gasteiger partial charge in [-0.3, -0.25) is 0 Å². The molecule has 134 valence electrons. The van der Waals surface area contributed by atoms with Gasteiger partial charge in [-0.2, -0.15) is 0 Å². The molecule has 1 fully saturated rings. The maximum absolute atomic E-state index is 9.53. The van der Waals surface area contributed by atoms with Crippen LogP contribution in [0, 0.1) is 0 Å². The monoisotopic (exact) mass is 342 g/mol. The van der Waals surface area contributed by atoms with Gasteiger partial charge in [0.2, 0.25) is 0 Å². The van der Waals surface area contributed by atoms with Crippen LogP contribution in [0.25, 0.3) is 0 Å². The SMILES string of the molecule is COc1ccccc1CCN(C)c1cc(N2CCC[C@@H]2CO)ncn1. The third-order valence-corrected chi connectivity index (χ3v) is 4.82. The van der Waals surface area contributed by atoms with E-state index in [1.165, 1.54) is 5.56 Å². The van der Waals surface area contributed by atoms with Crippen molar-refractivity contribution in [3.63, 3.8) is 0 Å². The Bertz CT molecular complexity index is 695. The number of para-hydroxylation sites is 1. The molecule has 3 rings (SSSR count). The largest absolute Gasteiger partial charge is 0.496 e. The summed E-state index contributed by atoms with van der Waals surface area (Å²) in [6.45, 7) is 1.94. The second-order valence-electron chi connectivity index (χ2n) is 6.39. The van der Waals surface area contributed by atoms with Gasteiger partial charge in [0, 0.05) is 26.2 Å². The van der Waals surface area contributed by atoms with Crippen LogP contribution in [0.15, 0.2) is 36.7 Å². The maximum atomic E-state index is 9.53. The molecule has 1 saturated heterocycles. The van der Waals surface area contributed by atoms with Crippen molar-refractivity contribution in [2.75, 3.05) is 43.7 Å². The van der Waals surface area contributed by atoms with E-state index in [-0.39, 0.29) is 12.6 Å². The van der Waals surface area contributed by atoms with Gasteiger partial charge in [0.15, 0.2) is 0 Å². The fraction of sp³-hybridized carbons (Fsp3) is 0.474. The highest BCUT2D eigenvalue weighted by atomic mass is 16.5. The molecule has 0 amide bonds. The molecular weight excluding hydrogens is 316 g/mol. The standard InChI is InChI=1S/C19H26N4O2/c1-22(11-9-15-6-3-4-8-17(15)25-2)18-12-19(21-14-20-18)23-10-5-7-16(23)13-24/h3-4,6,8,12,14,16,24H,5,7,9-11,13H2,1-2H3/t16-/m1/s1. The quantitative estimate of drug-likeness (QED) is 0.832. The molecule has 1 atom stereocenters. The van der Waals surface area contributed by atoms with Gasteiger partial charge in [-0.25, -0.2) is 9.97 Å². The Morgan fingerprint density at radius 1 is 1.32 bits per heavy atom. The van der Waals surface area contributed by atoms with E-state index in [2.05, 4.69) is 25.8 Å². The highest BCUT2D eigenvalue weighted by Gasteiger charge is 2.25. The van der Waals surface area contributed by atoms with E-state index >= 15 is 0 Å². The van der Waals surface area contributed by atoms with E-state index in [9.17, 15) is 5.11 Å². The Balaban J connectivity index is 1.68. The van der Waals surface area contributed by atoms with Gasteiger partial charge < -0.3 is 19.6 Å². The highest BCUT2D eigenvalue weighted by molar-refractivity contribution is 5.51. The number of hydrogen-bond acceptors (Lipinski definition) is 6. The summed E-state index contributed by atoms with van der Waals surface area (Å²) in [6.07, 6.45) is 4.59. The molecule has 0 unspecified atom stereocenters. The van der Waals surface area contributed by atoms with Crippen molar-refractivity contribution in [2.45, 2.75) is 25.3 Å². The number of benzene rings is 1. The topological polar surface area (TPSA) is 61.7 Å². The lowest BCUT2D eigenvalue weighted by Gasteiger charge is -2.25. The second-order valence-corrected chi connectivity index (χ2v) is 6.39. The summed E-state index contributed by atoms with van der Waals surface area (Å²) in [5, 5.41) is 9.53. The Morgan fingerprint density at radius 2 is 2.16 bits per heavy atom. The summed E-state index contributed by atoms with van der Waals surface area (Å²) in [6, 6.07) is 10.3. The zero-order chi connectivity index (χ0) is 17.6. The van der Waals surface area contributed by atoms with Gasteiger partial charge in [-0.05, 0) is 30.9 Å². The Labute approximate surface area is 149 Å². The van der Waals surface area contributed by atoms with E-state index in [4.69, 9.17) is 4.74 Å². The van der Waals surface area contributed by atoms with Gasteiger partial charge in [-0.1, -0.05) is 18.2 Å². The summed E-state index contributed by atoms with van der Waals surface area (Å²) in [5.74, 6) is 2.70. The van der Waals surface area contributed by atoms with Crippen molar-refractivity contribution in [2.24, 2.45) is 0 Å². The lowest BCUT2D eigenvalue weighted by Crippen LogP contribution is -2.33. The van der Waals surface area contributed by atoms with Crippen LogP contribution < -0.4 is 14.5 Å². The molecule has 2 heterocycles. The first kappa shape index (κ1) is 17.5. The fourth-order valence-corrected chi connectivity index (χ4v) is 3.34. The van der Waals surface area contributed by atoms with Crippen LogP contribution in [0.2, 0.25) is 0 Å². The zero-order valence-corrected chi connectivity index (χ0v) is 14.9. The van der Waals surface area contributed by atoms with Crippen molar-refractivity contribution >= 4 is 11.6 Å². The van der Waals surface area contributed by atoms with Gasteiger partial charge >= 0.3 is 0 Å². The minimum Gasteiger partial charge on any atom is -0.496 e. The molecule has 0 spiro atoms. The average molecular weight is 342 g/mol. The molecule has 1 aromatic carbocycles. The van der Waals surface area contributed by atoms with E-state index in [1.54, 1.807) is 13.4 Å². The molecule has 2 aromatic rings. The normalized spacial score (nSPS) is 16.9. The van der Waals surface area contributed by atoms with E-state index in [0.29, 0.717) is 0 Å². The molecule has 0 bridgehead atoms. The molecule has 1 N–H and O–H groups in total. The first-order valence-corrected chi connectivity index (χ1v) is 8.75. The molecule has 6 heteroatoms. The molecule has 6 nitrogen and oxygen atoms in total. The summed E-state index contributed by atoms with van der Waals surface area (Å²) >= 11 is 0. The first-order chi connectivity index (χ1) is 12.2. The van der Waals surface area contributed by atoms with Gasteiger partial charge in [0.1, 0.15) is 23.7 Å². The lowest BCUT2D eigenvalue weighted by molar-refractivity contribution is 0.266. The van der Waals surface area contributed by atoms with E-state index < -0.39 is 0 Å². The number of aliphatic hydroxyl groups is 1. The first-order valence-electron chi connectivity index (χ1n) is 8.75. The summed E-state index contributed by atoms with van der Waals surface area (Å²) in [4.78, 5) is 13.1. The van der Waals surface area contributed by atoms with Crippen LogP contribution in [0.3, 0.4) is 0 Å². The fourth-order valence-electron chi connectivity index (χ4n) is 3.34. The smallest absolute Gasteiger partial charge is 0.134 e. The number of methoxy groups -OCH3 is 1. The van der Waals surface area contributed by atoms with Crippen molar-refractivity contribution in [1.82, 2.24) is 9.97 Å².